The molecule has 1 unspecified atom stereocenters. The summed E-state index contributed by atoms with van der Waals surface area (Å²) in [6.07, 6.45) is 11.0. The fourth-order valence-corrected chi connectivity index (χ4v) is 3.27. The molecule has 1 aromatic carbocycles. The molecule has 1 atom stereocenters. The minimum absolute atomic E-state index is 0.0547. The molecule has 0 aliphatic rings. The maximum Gasteiger partial charge on any atom is 0.251 e. The maximum absolute atomic E-state index is 12.7. The second-order valence-corrected chi connectivity index (χ2v) is 7.73. The number of aryl methyl sites for hydroxylation is 1. The average Bonchev–Trinajstić information content (AvgIpc) is 3.12. The molecule has 0 radical (unpaired) electrons. The van der Waals surface area contributed by atoms with E-state index in [4.69, 9.17) is 0 Å². The van der Waals surface area contributed by atoms with Crippen LogP contribution in [0, 0.1) is 0 Å². The van der Waals surface area contributed by atoms with Gasteiger partial charge in [-0.3, -0.25) is 4.79 Å². The number of rotatable bonds is 13. The third kappa shape index (κ3) is 7.41. The highest BCUT2D eigenvalue weighted by atomic mass is 16.2. The Kier molecular flexibility index (Phi) is 9.66. The molecule has 0 spiro atoms. The van der Waals surface area contributed by atoms with Gasteiger partial charge >= 0.3 is 0 Å². The molecule has 1 N–H and O–H groups in total. The normalized spacial score (nSPS) is 12.3. The van der Waals surface area contributed by atoms with Crippen LogP contribution in [0.4, 0.5) is 0 Å². The van der Waals surface area contributed by atoms with Gasteiger partial charge in [0.05, 0.1) is 0 Å². The van der Waals surface area contributed by atoms with Gasteiger partial charge in [-0.25, -0.2) is 0 Å². The standard InChI is InChI=1S/C22H35N5O/c1-4-5-6-7-8-9-10-14-17-20-24-26-27(25-20)21(22(28)23-18(2)3)19-15-12-11-13-16-19/h11-13,15-16,18,21H,4-10,14,17H2,1-3H3,(H,23,28). The lowest BCUT2D eigenvalue weighted by molar-refractivity contribution is -0.124. The number of hydrogen-bond acceptors (Lipinski definition) is 4. The number of amides is 1. The number of benzene rings is 1. The van der Waals surface area contributed by atoms with Crippen molar-refractivity contribution < 1.29 is 4.79 Å². The monoisotopic (exact) mass is 385 g/mol. The molecule has 154 valence electrons. The van der Waals surface area contributed by atoms with E-state index in [0.29, 0.717) is 5.82 Å². The van der Waals surface area contributed by atoms with Gasteiger partial charge in [-0.2, -0.15) is 0 Å². The molecule has 1 amide bonds. The smallest absolute Gasteiger partial charge is 0.251 e. The number of hydrogen-bond donors (Lipinski definition) is 1. The zero-order valence-corrected chi connectivity index (χ0v) is 17.6. The summed E-state index contributed by atoms with van der Waals surface area (Å²) in [4.78, 5) is 14.2. The minimum Gasteiger partial charge on any atom is -0.352 e. The molecule has 6 nitrogen and oxygen atoms in total. The van der Waals surface area contributed by atoms with Gasteiger partial charge in [0.25, 0.3) is 5.91 Å². The van der Waals surface area contributed by atoms with E-state index in [-0.39, 0.29) is 11.9 Å². The zero-order valence-electron chi connectivity index (χ0n) is 17.6. The minimum atomic E-state index is -0.594. The second-order valence-electron chi connectivity index (χ2n) is 7.73. The van der Waals surface area contributed by atoms with Gasteiger partial charge in [-0.15, -0.1) is 15.0 Å². The van der Waals surface area contributed by atoms with Crippen LogP contribution in [0.15, 0.2) is 30.3 Å². The van der Waals surface area contributed by atoms with Crippen LogP contribution in [0.25, 0.3) is 0 Å². The van der Waals surface area contributed by atoms with Gasteiger partial charge < -0.3 is 5.32 Å². The van der Waals surface area contributed by atoms with Crippen molar-refractivity contribution in [3.05, 3.63) is 41.7 Å². The number of carbonyl (C=O) groups is 1. The Balaban J connectivity index is 1.90. The van der Waals surface area contributed by atoms with E-state index in [1.165, 1.54) is 49.7 Å². The molecule has 0 saturated heterocycles. The Morgan fingerprint density at radius 3 is 2.29 bits per heavy atom. The van der Waals surface area contributed by atoms with Crippen LogP contribution < -0.4 is 5.32 Å². The quantitative estimate of drug-likeness (QED) is 0.516. The molecule has 0 aliphatic carbocycles. The Hall–Kier alpha value is -2.24. The van der Waals surface area contributed by atoms with Crippen LogP contribution >= 0.6 is 0 Å². The van der Waals surface area contributed by atoms with Gasteiger partial charge in [-0.05, 0) is 31.0 Å². The van der Waals surface area contributed by atoms with E-state index in [0.717, 1.165) is 18.4 Å². The van der Waals surface area contributed by atoms with Gasteiger partial charge in [0.2, 0.25) is 0 Å². The lowest BCUT2D eigenvalue weighted by Crippen LogP contribution is -2.38. The third-order valence-corrected chi connectivity index (χ3v) is 4.75. The van der Waals surface area contributed by atoms with Crippen molar-refractivity contribution >= 4 is 5.91 Å². The largest absolute Gasteiger partial charge is 0.352 e. The average molecular weight is 386 g/mol. The molecule has 6 heteroatoms. The highest BCUT2D eigenvalue weighted by Gasteiger charge is 2.25. The number of nitrogens with one attached hydrogen (secondary N) is 1. The second kappa shape index (κ2) is 12.3. The van der Waals surface area contributed by atoms with Gasteiger partial charge in [0.1, 0.15) is 0 Å². The molecule has 1 heterocycles. The summed E-state index contributed by atoms with van der Waals surface area (Å²) in [6.45, 7) is 6.14. The first-order chi connectivity index (χ1) is 13.6. The van der Waals surface area contributed by atoms with Gasteiger partial charge in [0.15, 0.2) is 11.9 Å². The molecule has 2 aromatic rings. The number of nitrogens with zero attached hydrogens (tertiary/aromatic N) is 4. The molecule has 0 aliphatic heterocycles. The van der Waals surface area contributed by atoms with E-state index in [1.54, 1.807) is 0 Å². The van der Waals surface area contributed by atoms with Crippen LogP contribution in [0.1, 0.15) is 89.6 Å². The van der Waals surface area contributed by atoms with E-state index >= 15 is 0 Å². The van der Waals surface area contributed by atoms with Gasteiger partial charge in [-0.1, -0.05) is 82.2 Å². The lowest BCUT2D eigenvalue weighted by atomic mass is 10.1. The Bertz CT molecular complexity index is 683. The summed E-state index contributed by atoms with van der Waals surface area (Å²) in [5.41, 5.74) is 0.858. The summed E-state index contributed by atoms with van der Waals surface area (Å²) in [5.74, 6) is 0.599. The van der Waals surface area contributed by atoms with Crippen molar-refractivity contribution in [3.8, 4) is 0 Å². The highest BCUT2D eigenvalue weighted by Crippen LogP contribution is 2.17. The molecule has 28 heavy (non-hydrogen) atoms. The van der Waals surface area contributed by atoms with Crippen LogP contribution in [0.3, 0.4) is 0 Å². The van der Waals surface area contributed by atoms with E-state index in [1.807, 2.05) is 44.2 Å². The molecule has 0 saturated carbocycles. The topological polar surface area (TPSA) is 72.7 Å². The van der Waals surface area contributed by atoms with E-state index in [9.17, 15) is 4.79 Å². The predicted octanol–water partition coefficient (Wildman–Crippen LogP) is 4.47. The number of aromatic nitrogens is 4. The first-order valence-corrected chi connectivity index (χ1v) is 10.8. The summed E-state index contributed by atoms with van der Waals surface area (Å²) in [5, 5.41) is 15.8. The van der Waals surface area contributed by atoms with E-state index in [2.05, 4.69) is 27.7 Å². The van der Waals surface area contributed by atoms with Crippen molar-refractivity contribution in [1.29, 1.82) is 0 Å². The summed E-state index contributed by atoms with van der Waals surface area (Å²) in [6, 6.07) is 9.08. The van der Waals surface area contributed by atoms with Crippen LogP contribution in [-0.2, 0) is 11.2 Å². The summed E-state index contributed by atoms with van der Waals surface area (Å²) >= 11 is 0. The fourth-order valence-electron chi connectivity index (χ4n) is 3.27. The summed E-state index contributed by atoms with van der Waals surface area (Å²) < 4.78 is 0. The first kappa shape index (κ1) is 22.1. The number of tetrazole rings is 1. The molecule has 0 fully saturated rings. The Labute approximate surface area is 169 Å². The van der Waals surface area contributed by atoms with Crippen LogP contribution in [0.2, 0.25) is 0 Å². The van der Waals surface area contributed by atoms with E-state index < -0.39 is 6.04 Å². The summed E-state index contributed by atoms with van der Waals surface area (Å²) in [7, 11) is 0. The molecular formula is C22H35N5O. The molecule has 1 aromatic heterocycles. The Morgan fingerprint density at radius 2 is 1.64 bits per heavy atom. The SMILES string of the molecule is CCCCCCCCCCc1nnn(C(C(=O)NC(C)C)c2ccccc2)n1. The third-order valence-electron chi connectivity index (χ3n) is 4.75. The Morgan fingerprint density at radius 1 is 1.00 bits per heavy atom. The molecular weight excluding hydrogens is 350 g/mol. The van der Waals surface area contributed by atoms with Crippen molar-refractivity contribution in [2.24, 2.45) is 0 Å². The van der Waals surface area contributed by atoms with Crippen molar-refractivity contribution in [2.75, 3.05) is 0 Å². The molecule has 0 bridgehead atoms. The molecule has 2 rings (SSSR count). The predicted molar refractivity (Wildman–Crippen MR) is 112 cm³/mol. The highest BCUT2D eigenvalue weighted by molar-refractivity contribution is 5.83. The lowest BCUT2D eigenvalue weighted by Gasteiger charge is -2.17. The fraction of sp³-hybridized carbons (Fsp3) is 0.636. The van der Waals surface area contributed by atoms with Crippen molar-refractivity contribution in [2.45, 2.75) is 90.6 Å². The van der Waals surface area contributed by atoms with Crippen molar-refractivity contribution in [3.63, 3.8) is 0 Å². The van der Waals surface area contributed by atoms with Crippen molar-refractivity contribution in [1.82, 2.24) is 25.5 Å². The van der Waals surface area contributed by atoms with Crippen LogP contribution in [0.5, 0.6) is 0 Å². The number of unbranched alkanes of at least 4 members (excludes halogenated alkanes) is 7. The van der Waals surface area contributed by atoms with Crippen LogP contribution in [-0.4, -0.2) is 32.2 Å². The number of carbonyl (C=O) groups excluding carboxylic acids is 1. The maximum atomic E-state index is 12.7. The first-order valence-electron chi connectivity index (χ1n) is 10.8. The zero-order chi connectivity index (χ0) is 20.2. The van der Waals surface area contributed by atoms with Gasteiger partial charge in [0, 0.05) is 12.5 Å².